The number of nitrogens with zero attached hydrogens (tertiary/aromatic N) is 1. The maximum Gasteiger partial charge on any atom is 0.240 e. The fourth-order valence-electron chi connectivity index (χ4n) is 3.77. The molecule has 6 nitrogen and oxygen atoms in total. The maximum absolute atomic E-state index is 13.1. The van der Waals surface area contributed by atoms with Gasteiger partial charge in [-0.15, -0.1) is 0 Å². The molecule has 1 heterocycles. The zero-order valence-electron chi connectivity index (χ0n) is 15.5. The fourth-order valence-corrected chi connectivity index (χ4v) is 5.50. The Morgan fingerprint density at radius 3 is 2.31 bits per heavy atom. The van der Waals surface area contributed by atoms with Crippen molar-refractivity contribution in [2.24, 2.45) is 5.41 Å². The van der Waals surface area contributed by atoms with E-state index in [0.29, 0.717) is 25.8 Å². The van der Waals surface area contributed by atoms with Crippen LogP contribution in [0.1, 0.15) is 37.3 Å². The van der Waals surface area contributed by atoms with Gasteiger partial charge in [0.15, 0.2) is 9.84 Å². The van der Waals surface area contributed by atoms with E-state index in [1.165, 1.54) is 0 Å². The molecule has 0 bridgehead atoms. The van der Waals surface area contributed by atoms with Crippen molar-refractivity contribution in [3.05, 3.63) is 29.3 Å². The van der Waals surface area contributed by atoms with E-state index >= 15 is 0 Å². The van der Waals surface area contributed by atoms with Crippen molar-refractivity contribution >= 4 is 27.3 Å². The number of anilines is 1. The highest BCUT2D eigenvalue weighted by molar-refractivity contribution is 7.91. The van der Waals surface area contributed by atoms with Gasteiger partial charge in [-0.3, -0.25) is 9.59 Å². The predicted octanol–water partition coefficient (Wildman–Crippen LogP) is 2.06. The van der Waals surface area contributed by atoms with Gasteiger partial charge in [0.25, 0.3) is 0 Å². The molecule has 142 valence electrons. The Labute approximate surface area is 154 Å². The van der Waals surface area contributed by atoms with Crippen LogP contribution in [0.2, 0.25) is 0 Å². The second-order valence-corrected chi connectivity index (χ2v) is 9.68. The van der Waals surface area contributed by atoms with Crippen LogP contribution in [0, 0.1) is 19.3 Å². The van der Waals surface area contributed by atoms with Crippen molar-refractivity contribution < 1.29 is 18.0 Å². The van der Waals surface area contributed by atoms with E-state index in [-0.39, 0.29) is 29.4 Å². The number of aryl methyl sites for hydroxylation is 2. The van der Waals surface area contributed by atoms with E-state index in [2.05, 4.69) is 5.32 Å². The quantitative estimate of drug-likeness (QED) is 0.795. The minimum absolute atomic E-state index is 0.00117. The minimum Gasteiger partial charge on any atom is -0.338 e. The van der Waals surface area contributed by atoms with Gasteiger partial charge in [-0.05, 0) is 51.2 Å². The van der Waals surface area contributed by atoms with Crippen LogP contribution in [0.5, 0.6) is 0 Å². The van der Waals surface area contributed by atoms with E-state index in [0.717, 1.165) is 16.8 Å². The summed E-state index contributed by atoms with van der Waals surface area (Å²) in [4.78, 5) is 27.7. The van der Waals surface area contributed by atoms with Crippen molar-refractivity contribution in [3.8, 4) is 0 Å². The number of carbonyl (C=O) groups is 2. The summed E-state index contributed by atoms with van der Waals surface area (Å²) in [5.41, 5.74) is 1.62. The summed E-state index contributed by atoms with van der Waals surface area (Å²) in [5, 5.41) is 2.94. The monoisotopic (exact) mass is 378 g/mol. The third-order valence-corrected chi connectivity index (χ3v) is 7.31. The molecule has 1 aromatic rings. The maximum atomic E-state index is 13.1. The average Bonchev–Trinajstić information content (AvgIpc) is 3.31. The van der Waals surface area contributed by atoms with Crippen molar-refractivity contribution in [1.82, 2.24) is 4.90 Å². The largest absolute Gasteiger partial charge is 0.338 e. The van der Waals surface area contributed by atoms with E-state index in [1.807, 2.05) is 39.0 Å². The number of hydrogen-bond donors (Lipinski definition) is 1. The molecule has 1 unspecified atom stereocenters. The Kier molecular flexibility index (Phi) is 4.86. The average molecular weight is 378 g/mol. The third kappa shape index (κ3) is 3.37. The smallest absolute Gasteiger partial charge is 0.240 e. The lowest BCUT2D eigenvalue weighted by Crippen LogP contribution is -2.48. The first-order valence-electron chi connectivity index (χ1n) is 9.09. The highest BCUT2D eigenvalue weighted by atomic mass is 32.2. The fraction of sp³-hybridized carbons (Fsp3) is 0.579. The molecule has 1 N–H and O–H groups in total. The number of sulfone groups is 1. The lowest BCUT2D eigenvalue weighted by atomic mass is 10.0. The summed E-state index contributed by atoms with van der Waals surface area (Å²) >= 11 is 0. The zero-order chi connectivity index (χ0) is 19.1. The van der Waals surface area contributed by atoms with E-state index in [9.17, 15) is 18.0 Å². The van der Waals surface area contributed by atoms with Gasteiger partial charge in [0.05, 0.1) is 11.5 Å². The van der Waals surface area contributed by atoms with Gasteiger partial charge in [-0.1, -0.05) is 18.2 Å². The molecule has 1 atom stereocenters. The highest BCUT2D eigenvalue weighted by Crippen LogP contribution is 2.49. The van der Waals surface area contributed by atoms with Crippen LogP contribution >= 0.6 is 0 Å². The van der Waals surface area contributed by atoms with Crippen molar-refractivity contribution in [2.45, 2.75) is 46.1 Å². The number of para-hydroxylation sites is 1. The second-order valence-electron chi connectivity index (χ2n) is 7.45. The number of nitrogens with one attached hydrogen (secondary N) is 1. The van der Waals surface area contributed by atoms with Gasteiger partial charge >= 0.3 is 0 Å². The SMILES string of the molecule is CCN(C(=O)C1(C(=O)Nc2c(C)cccc2C)CC1)C1CCS(=O)(=O)C1. The molecule has 2 fully saturated rings. The molecule has 1 aromatic carbocycles. The molecule has 26 heavy (non-hydrogen) atoms. The molecule has 0 radical (unpaired) electrons. The predicted molar refractivity (Wildman–Crippen MR) is 101 cm³/mol. The van der Waals surface area contributed by atoms with E-state index in [4.69, 9.17) is 0 Å². The summed E-state index contributed by atoms with van der Waals surface area (Å²) in [7, 11) is -3.08. The van der Waals surface area contributed by atoms with E-state index in [1.54, 1.807) is 4.90 Å². The van der Waals surface area contributed by atoms with Gasteiger partial charge in [-0.2, -0.15) is 0 Å². The minimum atomic E-state index is -3.08. The van der Waals surface area contributed by atoms with Crippen LogP contribution in [0.3, 0.4) is 0 Å². The molecule has 7 heteroatoms. The Bertz CT molecular complexity index is 823. The normalized spacial score (nSPS) is 22.7. The molecule has 0 aromatic heterocycles. The van der Waals surface area contributed by atoms with Crippen LogP contribution in [-0.2, 0) is 19.4 Å². The second kappa shape index (κ2) is 6.68. The summed E-state index contributed by atoms with van der Waals surface area (Å²) in [6, 6.07) is 5.46. The summed E-state index contributed by atoms with van der Waals surface area (Å²) in [6.45, 7) is 6.09. The summed E-state index contributed by atoms with van der Waals surface area (Å²) in [5.74, 6) is -0.394. The summed E-state index contributed by atoms with van der Waals surface area (Å²) < 4.78 is 23.6. The lowest BCUT2D eigenvalue weighted by molar-refractivity contribution is -0.143. The zero-order valence-corrected chi connectivity index (χ0v) is 16.4. The van der Waals surface area contributed by atoms with Gasteiger partial charge in [0.2, 0.25) is 11.8 Å². The molecule has 1 aliphatic carbocycles. The molecule has 1 saturated heterocycles. The highest BCUT2D eigenvalue weighted by Gasteiger charge is 2.59. The standard InChI is InChI=1S/C19H26N2O4S/c1-4-21(15-8-11-26(24,25)12-15)18(23)19(9-10-19)17(22)20-16-13(2)6-5-7-14(16)3/h5-7,15H,4,8-12H2,1-3H3,(H,20,22). The molecular formula is C19H26N2O4S. The van der Waals surface area contributed by atoms with Gasteiger partial charge in [0.1, 0.15) is 5.41 Å². The number of amides is 2. The molecular weight excluding hydrogens is 352 g/mol. The Morgan fingerprint density at radius 2 is 1.85 bits per heavy atom. The van der Waals surface area contributed by atoms with Crippen molar-refractivity contribution in [1.29, 1.82) is 0 Å². The third-order valence-electron chi connectivity index (χ3n) is 5.56. The van der Waals surface area contributed by atoms with Crippen LogP contribution < -0.4 is 5.32 Å². The Morgan fingerprint density at radius 1 is 1.23 bits per heavy atom. The molecule has 1 saturated carbocycles. The van der Waals surface area contributed by atoms with Gasteiger partial charge < -0.3 is 10.2 Å². The van der Waals surface area contributed by atoms with Crippen LogP contribution in [-0.4, -0.2) is 49.2 Å². The van der Waals surface area contributed by atoms with Crippen molar-refractivity contribution in [2.75, 3.05) is 23.4 Å². The first-order valence-corrected chi connectivity index (χ1v) is 10.9. The molecule has 3 rings (SSSR count). The topological polar surface area (TPSA) is 83.6 Å². The number of carbonyl (C=O) groups excluding carboxylic acids is 2. The number of benzene rings is 1. The lowest BCUT2D eigenvalue weighted by Gasteiger charge is -2.30. The molecule has 1 aliphatic heterocycles. The Balaban J connectivity index is 1.79. The summed E-state index contributed by atoms with van der Waals surface area (Å²) in [6.07, 6.45) is 1.48. The first-order chi connectivity index (χ1) is 12.2. The van der Waals surface area contributed by atoms with E-state index < -0.39 is 15.3 Å². The first kappa shape index (κ1) is 18.9. The van der Waals surface area contributed by atoms with Crippen LogP contribution in [0.25, 0.3) is 0 Å². The van der Waals surface area contributed by atoms with Gasteiger partial charge in [-0.25, -0.2) is 8.42 Å². The molecule has 2 amide bonds. The number of hydrogen-bond acceptors (Lipinski definition) is 4. The van der Waals surface area contributed by atoms with Gasteiger partial charge in [0, 0.05) is 18.3 Å². The molecule has 2 aliphatic rings. The van der Waals surface area contributed by atoms with Crippen LogP contribution in [0.15, 0.2) is 18.2 Å². The van der Waals surface area contributed by atoms with Crippen LogP contribution in [0.4, 0.5) is 5.69 Å². The van der Waals surface area contributed by atoms with Crippen molar-refractivity contribution in [3.63, 3.8) is 0 Å². The number of rotatable bonds is 5. The Hall–Kier alpha value is -1.89. The molecule has 0 spiro atoms.